The van der Waals surface area contributed by atoms with E-state index in [1.165, 1.54) is 19.4 Å². The highest BCUT2D eigenvalue weighted by Gasteiger charge is 2.19. The number of H-pyrrole nitrogens is 1. The van der Waals surface area contributed by atoms with Gasteiger partial charge in [0.2, 0.25) is 0 Å². The maximum Gasteiger partial charge on any atom is 0.488 e. The van der Waals surface area contributed by atoms with Gasteiger partial charge < -0.3 is 18.5 Å². The van der Waals surface area contributed by atoms with Gasteiger partial charge in [0.05, 0.1) is 29.6 Å². The molecule has 5 rings (SSSR count). The van der Waals surface area contributed by atoms with Crippen LogP contribution in [0.25, 0.3) is 44.0 Å². The van der Waals surface area contributed by atoms with E-state index < -0.39 is 10.5 Å². The third-order valence-electron chi connectivity index (χ3n) is 5.83. The van der Waals surface area contributed by atoms with E-state index in [1.54, 1.807) is 18.2 Å². The second kappa shape index (κ2) is 8.14. The lowest BCUT2D eigenvalue weighted by Crippen LogP contribution is -2.11. The van der Waals surface area contributed by atoms with Crippen molar-refractivity contribution in [2.24, 2.45) is 0 Å². The van der Waals surface area contributed by atoms with Crippen LogP contribution in [0.3, 0.4) is 0 Å². The molecule has 8 nitrogen and oxygen atoms in total. The molecule has 35 heavy (non-hydrogen) atoms. The molecule has 3 heterocycles. The van der Waals surface area contributed by atoms with Crippen LogP contribution < -0.4 is 14.3 Å². The van der Waals surface area contributed by atoms with Crippen LogP contribution in [-0.2, 0) is 17.0 Å². The topological polar surface area (TPSA) is 103 Å². The summed E-state index contributed by atoms with van der Waals surface area (Å²) in [5.41, 5.74) is 3.45. The van der Waals surface area contributed by atoms with Crippen LogP contribution in [0.1, 0.15) is 12.5 Å². The SMILES string of the molecule is C#Cc1ccc2c(c1)[nH]c1c2c(=O)c2cc(OC)c(-c3cncc(OS(=O)(=O)F)c3)cc2n1CC. The van der Waals surface area contributed by atoms with Crippen molar-refractivity contribution in [2.45, 2.75) is 13.5 Å². The van der Waals surface area contributed by atoms with Crippen molar-refractivity contribution in [1.82, 2.24) is 14.5 Å². The zero-order valence-corrected chi connectivity index (χ0v) is 19.4. The van der Waals surface area contributed by atoms with Crippen LogP contribution in [0.15, 0.2) is 53.6 Å². The Morgan fingerprint density at radius 3 is 2.66 bits per heavy atom. The van der Waals surface area contributed by atoms with Gasteiger partial charge in [0.25, 0.3) is 0 Å². The van der Waals surface area contributed by atoms with Crippen molar-refractivity contribution in [3.8, 4) is 35.0 Å². The summed E-state index contributed by atoms with van der Waals surface area (Å²) in [5, 5.41) is 1.74. The minimum atomic E-state index is -5.22. The lowest BCUT2D eigenvalue weighted by atomic mass is 10.0. The zero-order chi connectivity index (χ0) is 24.9. The molecule has 0 aliphatic rings. The molecule has 0 unspecified atom stereocenters. The van der Waals surface area contributed by atoms with E-state index >= 15 is 0 Å². The highest BCUT2D eigenvalue weighted by Crippen LogP contribution is 2.36. The summed E-state index contributed by atoms with van der Waals surface area (Å²) in [7, 11) is -3.77. The van der Waals surface area contributed by atoms with Gasteiger partial charge in [0.15, 0.2) is 11.2 Å². The van der Waals surface area contributed by atoms with Crippen LogP contribution in [0.2, 0.25) is 0 Å². The number of benzene rings is 2. The van der Waals surface area contributed by atoms with Crippen molar-refractivity contribution in [3.05, 3.63) is 64.6 Å². The molecule has 0 radical (unpaired) electrons. The molecule has 0 atom stereocenters. The van der Waals surface area contributed by atoms with Gasteiger partial charge in [-0.2, -0.15) is 8.42 Å². The standard InChI is InChI=1S/C25H18FN3O5S/c1-4-14-6-7-17-20(8-14)28-25-23(17)24(30)19-11-22(33-3)18(10-21(19)29(25)5-2)15-9-16(13-27-12-15)34-35(26,31)32/h1,6-13,28H,5H2,2-3H3. The summed E-state index contributed by atoms with van der Waals surface area (Å²) in [6.45, 7) is 2.49. The number of ether oxygens (including phenoxy) is 1. The number of hydrogen-bond donors (Lipinski definition) is 1. The molecule has 0 saturated heterocycles. The van der Waals surface area contributed by atoms with E-state index in [4.69, 9.17) is 11.2 Å². The Hall–Kier alpha value is -4.36. The van der Waals surface area contributed by atoms with E-state index in [0.29, 0.717) is 50.9 Å². The molecule has 0 saturated carbocycles. The van der Waals surface area contributed by atoms with Crippen LogP contribution in [0.5, 0.6) is 11.5 Å². The first kappa shape index (κ1) is 22.4. The normalized spacial score (nSPS) is 11.7. The lowest BCUT2D eigenvalue weighted by Gasteiger charge is -2.15. The van der Waals surface area contributed by atoms with Gasteiger partial charge in [-0.05, 0) is 37.3 Å². The fraction of sp³-hybridized carbons (Fsp3) is 0.120. The third kappa shape index (κ3) is 3.76. The Morgan fingerprint density at radius 2 is 1.97 bits per heavy atom. The van der Waals surface area contributed by atoms with E-state index in [0.717, 1.165) is 17.1 Å². The second-order valence-electron chi connectivity index (χ2n) is 7.78. The van der Waals surface area contributed by atoms with E-state index in [-0.39, 0.29) is 11.2 Å². The van der Waals surface area contributed by atoms with Crippen molar-refractivity contribution in [2.75, 3.05) is 7.11 Å². The van der Waals surface area contributed by atoms with E-state index in [9.17, 15) is 17.1 Å². The lowest BCUT2D eigenvalue weighted by molar-refractivity contribution is 0.417. The zero-order valence-electron chi connectivity index (χ0n) is 18.6. The Kier molecular flexibility index (Phi) is 5.22. The number of rotatable bonds is 5. The van der Waals surface area contributed by atoms with Gasteiger partial charge in [-0.15, -0.1) is 6.42 Å². The summed E-state index contributed by atoms with van der Waals surface area (Å²) >= 11 is 0. The van der Waals surface area contributed by atoms with Crippen molar-refractivity contribution >= 4 is 43.3 Å². The number of aromatic nitrogens is 3. The van der Waals surface area contributed by atoms with Crippen molar-refractivity contribution in [3.63, 3.8) is 0 Å². The molecule has 0 spiro atoms. The molecular formula is C25H18FN3O5S. The quantitative estimate of drug-likeness (QED) is 0.290. The number of aromatic amines is 1. The van der Waals surface area contributed by atoms with Gasteiger partial charge in [-0.3, -0.25) is 9.78 Å². The number of hydrogen-bond acceptors (Lipinski definition) is 6. The fourth-order valence-electron chi connectivity index (χ4n) is 4.38. The average molecular weight is 492 g/mol. The highest BCUT2D eigenvalue weighted by atomic mass is 32.3. The van der Waals surface area contributed by atoms with Crippen LogP contribution in [0, 0.1) is 12.3 Å². The van der Waals surface area contributed by atoms with Crippen LogP contribution >= 0.6 is 0 Å². The molecule has 0 aliphatic heterocycles. The molecule has 0 aliphatic carbocycles. The van der Waals surface area contributed by atoms with E-state index in [1.807, 2.05) is 23.6 Å². The van der Waals surface area contributed by atoms with Gasteiger partial charge in [-0.25, -0.2) is 0 Å². The Morgan fingerprint density at radius 1 is 1.17 bits per heavy atom. The predicted molar refractivity (Wildman–Crippen MR) is 132 cm³/mol. The van der Waals surface area contributed by atoms with Crippen LogP contribution in [0.4, 0.5) is 3.89 Å². The summed E-state index contributed by atoms with van der Waals surface area (Å²) in [5.74, 6) is 2.66. The molecule has 10 heteroatoms. The first-order valence-corrected chi connectivity index (χ1v) is 11.8. The Bertz CT molecular complexity index is 1870. The first-order chi connectivity index (χ1) is 16.7. The summed E-state index contributed by atoms with van der Waals surface area (Å²) in [6, 6.07) is 10.2. The van der Waals surface area contributed by atoms with Gasteiger partial charge in [-0.1, -0.05) is 15.9 Å². The third-order valence-corrected chi connectivity index (χ3v) is 6.22. The minimum absolute atomic E-state index is 0.178. The smallest absolute Gasteiger partial charge is 0.488 e. The highest BCUT2D eigenvalue weighted by molar-refractivity contribution is 7.81. The Balaban J connectivity index is 1.84. The molecule has 0 amide bonds. The number of nitrogens with one attached hydrogen (secondary N) is 1. The number of terminal acetylenes is 1. The second-order valence-corrected chi connectivity index (χ2v) is 8.73. The van der Waals surface area contributed by atoms with Crippen LogP contribution in [-0.4, -0.2) is 30.1 Å². The van der Waals surface area contributed by atoms with Gasteiger partial charge in [0.1, 0.15) is 11.4 Å². The Labute approximate surface area is 199 Å². The molecule has 0 fully saturated rings. The number of fused-ring (bicyclic) bond motifs is 4. The van der Waals surface area contributed by atoms with Gasteiger partial charge >= 0.3 is 10.5 Å². The summed E-state index contributed by atoms with van der Waals surface area (Å²) < 4.78 is 46.7. The number of nitrogens with zero attached hydrogens (tertiary/aromatic N) is 2. The molecular weight excluding hydrogens is 473 g/mol. The number of methoxy groups -OCH3 is 1. The number of halogens is 1. The number of aryl methyl sites for hydroxylation is 1. The fourth-order valence-corrected chi connectivity index (χ4v) is 4.70. The van der Waals surface area contributed by atoms with E-state index in [2.05, 4.69) is 20.1 Å². The molecule has 5 aromatic rings. The molecule has 1 N–H and O–H groups in total. The molecule has 176 valence electrons. The maximum absolute atomic E-state index is 13.6. The van der Waals surface area contributed by atoms with Gasteiger partial charge in [0, 0.05) is 40.3 Å². The predicted octanol–water partition coefficient (Wildman–Crippen LogP) is 4.30. The summed E-state index contributed by atoms with van der Waals surface area (Å²) in [4.78, 5) is 20.9. The largest absolute Gasteiger partial charge is 0.496 e. The molecule has 3 aromatic heterocycles. The number of pyridine rings is 2. The first-order valence-electron chi connectivity index (χ1n) is 10.5. The molecule has 0 bridgehead atoms. The molecule has 2 aromatic carbocycles. The maximum atomic E-state index is 13.6. The average Bonchev–Trinajstić information content (AvgIpc) is 3.21. The monoisotopic (exact) mass is 491 g/mol. The van der Waals surface area contributed by atoms with Crippen molar-refractivity contribution < 1.29 is 21.2 Å². The van der Waals surface area contributed by atoms with Crippen molar-refractivity contribution in [1.29, 1.82) is 0 Å². The minimum Gasteiger partial charge on any atom is -0.496 e. The summed E-state index contributed by atoms with van der Waals surface area (Å²) in [6.07, 6.45) is 8.07.